The number of pyridine rings is 1. The van der Waals surface area contributed by atoms with E-state index in [2.05, 4.69) is 33.7 Å². The van der Waals surface area contributed by atoms with Crippen LogP contribution in [-0.4, -0.2) is 19.9 Å². The Labute approximate surface area is 137 Å². The Morgan fingerprint density at radius 1 is 0.783 bits per heavy atom. The van der Waals surface area contributed by atoms with Gasteiger partial charge >= 0.3 is 5.84 Å². The first-order valence-corrected chi connectivity index (χ1v) is 7.62. The SMILES string of the molecule is CN(C)c1cc[n+](C(=Nc2ccccc2)c2ccccc2)cc1. The van der Waals surface area contributed by atoms with Crippen molar-refractivity contribution < 1.29 is 4.57 Å². The van der Waals surface area contributed by atoms with Crippen LogP contribution >= 0.6 is 0 Å². The van der Waals surface area contributed by atoms with Gasteiger partial charge in [-0.05, 0) is 29.3 Å². The molecule has 0 aliphatic carbocycles. The Bertz CT molecular complexity index is 776. The van der Waals surface area contributed by atoms with Crippen molar-refractivity contribution in [3.05, 3.63) is 90.8 Å². The fraction of sp³-hybridized carbons (Fsp3) is 0.100. The van der Waals surface area contributed by atoms with Crippen LogP contribution in [0.25, 0.3) is 0 Å². The Morgan fingerprint density at radius 3 is 1.91 bits per heavy atom. The maximum absolute atomic E-state index is 4.84. The van der Waals surface area contributed by atoms with Crippen molar-refractivity contribution in [2.45, 2.75) is 0 Å². The highest BCUT2D eigenvalue weighted by molar-refractivity contribution is 5.93. The lowest BCUT2D eigenvalue weighted by Crippen LogP contribution is -2.42. The summed E-state index contributed by atoms with van der Waals surface area (Å²) in [5, 5.41) is 0. The van der Waals surface area contributed by atoms with Gasteiger partial charge in [0.25, 0.3) is 0 Å². The number of nitrogens with zero attached hydrogens (tertiary/aromatic N) is 3. The maximum atomic E-state index is 4.84. The van der Waals surface area contributed by atoms with Crippen molar-refractivity contribution >= 4 is 17.2 Å². The van der Waals surface area contributed by atoms with E-state index in [1.165, 1.54) is 0 Å². The third kappa shape index (κ3) is 3.64. The summed E-state index contributed by atoms with van der Waals surface area (Å²) in [5.41, 5.74) is 3.18. The molecule has 114 valence electrons. The van der Waals surface area contributed by atoms with E-state index < -0.39 is 0 Å². The molecule has 0 N–H and O–H groups in total. The first-order valence-electron chi connectivity index (χ1n) is 7.62. The van der Waals surface area contributed by atoms with Crippen LogP contribution in [0.5, 0.6) is 0 Å². The topological polar surface area (TPSA) is 19.5 Å². The molecule has 0 unspecified atom stereocenters. The molecular weight excluding hydrogens is 282 g/mol. The fourth-order valence-corrected chi connectivity index (χ4v) is 2.34. The van der Waals surface area contributed by atoms with Crippen LogP contribution in [0.4, 0.5) is 11.4 Å². The molecule has 3 heteroatoms. The van der Waals surface area contributed by atoms with Crippen molar-refractivity contribution in [1.82, 2.24) is 0 Å². The summed E-state index contributed by atoms with van der Waals surface area (Å²) in [5.74, 6) is 0.905. The lowest BCUT2D eigenvalue weighted by Gasteiger charge is -2.11. The molecule has 0 aliphatic heterocycles. The molecule has 3 nitrogen and oxygen atoms in total. The van der Waals surface area contributed by atoms with Crippen LogP contribution in [0.1, 0.15) is 5.56 Å². The fourth-order valence-electron chi connectivity index (χ4n) is 2.34. The summed E-state index contributed by atoms with van der Waals surface area (Å²) in [7, 11) is 4.08. The van der Waals surface area contributed by atoms with Crippen LogP contribution in [0.15, 0.2) is 90.2 Å². The Morgan fingerprint density at radius 2 is 1.35 bits per heavy atom. The normalized spacial score (nSPS) is 11.3. The van der Waals surface area contributed by atoms with Gasteiger partial charge < -0.3 is 4.90 Å². The summed E-state index contributed by atoms with van der Waals surface area (Å²) < 4.78 is 2.05. The Balaban J connectivity index is 2.07. The minimum Gasteiger partial charge on any atom is -0.377 e. The molecule has 0 saturated heterocycles. The number of benzene rings is 2. The lowest BCUT2D eigenvalue weighted by molar-refractivity contribution is -0.554. The second kappa shape index (κ2) is 6.88. The second-order valence-corrected chi connectivity index (χ2v) is 5.50. The molecule has 0 atom stereocenters. The molecule has 2 aromatic carbocycles. The van der Waals surface area contributed by atoms with E-state index in [0.29, 0.717) is 0 Å². The first-order chi connectivity index (χ1) is 11.2. The van der Waals surface area contributed by atoms with E-state index in [9.17, 15) is 0 Å². The molecule has 3 rings (SSSR count). The van der Waals surface area contributed by atoms with Gasteiger partial charge in [-0.2, -0.15) is 0 Å². The summed E-state index contributed by atoms with van der Waals surface area (Å²) >= 11 is 0. The van der Waals surface area contributed by atoms with Crippen molar-refractivity contribution in [2.24, 2.45) is 4.99 Å². The molecular formula is C20H20N3+. The monoisotopic (exact) mass is 302 g/mol. The van der Waals surface area contributed by atoms with E-state index in [1.54, 1.807) is 0 Å². The molecule has 23 heavy (non-hydrogen) atoms. The number of hydrogen-bond donors (Lipinski definition) is 0. The first kappa shape index (κ1) is 15.0. The van der Waals surface area contributed by atoms with Gasteiger partial charge in [0.15, 0.2) is 5.69 Å². The molecule has 0 aliphatic rings. The van der Waals surface area contributed by atoms with Gasteiger partial charge in [-0.25, -0.2) is 4.57 Å². The molecule has 0 amide bonds. The molecule has 0 radical (unpaired) electrons. The molecule has 0 saturated carbocycles. The zero-order valence-electron chi connectivity index (χ0n) is 13.4. The zero-order chi connectivity index (χ0) is 16.1. The lowest BCUT2D eigenvalue weighted by atomic mass is 10.2. The van der Waals surface area contributed by atoms with Crippen molar-refractivity contribution in [3.63, 3.8) is 0 Å². The third-order valence-corrected chi connectivity index (χ3v) is 3.60. The van der Waals surface area contributed by atoms with Crippen LogP contribution in [-0.2, 0) is 0 Å². The maximum Gasteiger partial charge on any atom is 0.335 e. The largest absolute Gasteiger partial charge is 0.377 e. The third-order valence-electron chi connectivity index (χ3n) is 3.60. The average molecular weight is 302 g/mol. The number of aromatic nitrogens is 1. The van der Waals surface area contributed by atoms with E-state index in [-0.39, 0.29) is 0 Å². The standard InChI is InChI=1S/C20H20N3/c1-22(2)19-13-15-23(16-14-19)20(17-9-5-3-6-10-17)21-18-11-7-4-8-12-18/h3-16H,1-2H3/q+1. The van der Waals surface area contributed by atoms with Crippen LogP contribution in [0, 0.1) is 0 Å². The highest BCUT2D eigenvalue weighted by Gasteiger charge is 2.16. The zero-order valence-corrected chi connectivity index (χ0v) is 13.4. The smallest absolute Gasteiger partial charge is 0.335 e. The molecule has 0 bridgehead atoms. The number of rotatable bonds is 3. The van der Waals surface area contributed by atoms with Gasteiger partial charge in [0.2, 0.25) is 0 Å². The highest BCUT2D eigenvalue weighted by atomic mass is 15.1. The van der Waals surface area contributed by atoms with Crippen molar-refractivity contribution in [1.29, 1.82) is 0 Å². The summed E-state index contributed by atoms with van der Waals surface area (Å²) in [6, 6.07) is 24.4. The predicted octanol–water partition coefficient (Wildman–Crippen LogP) is 3.67. The number of hydrogen-bond acceptors (Lipinski definition) is 2. The van der Waals surface area contributed by atoms with Crippen molar-refractivity contribution in [2.75, 3.05) is 19.0 Å². The minimum atomic E-state index is 0.905. The Kier molecular flexibility index (Phi) is 4.48. The average Bonchev–Trinajstić information content (AvgIpc) is 2.61. The van der Waals surface area contributed by atoms with Crippen LogP contribution in [0.3, 0.4) is 0 Å². The molecule has 0 spiro atoms. The van der Waals surface area contributed by atoms with E-state index in [1.807, 2.05) is 75.0 Å². The summed E-state index contributed by atoms with van der Waals surface area (Å²) in [6.07, 6.45) is 4.09. The van der Waals surface area contributed by atoms with Gasteiger partial charge in [0.1, 0.15) is 0 Å². The van der Waals surface area contributed by atoms with Gasteiger partial charge in [-0.1, -0.05) is 36.4 Å². The second-order valence-electron chi connectivity index (χ2n) is 5.50. The molecule has 1 heterocycles. The van der Waals surface area contributed by atoms with Crippen molar-refractivity contribution in [3.8, 4) is 0 Å². The number of para-hydroxylation sites is 1. The number of anilines is 1. The quantitative estimate of drug-likeness (QED) is 0.410. The minimum absolute atomic E-state index is 0.905. The number of aliphatic imine (C=N–C) groups is 1. The van der Waals surface area contributed by atoms with E-state index in [4.69, 9.17) is 4.99 Å². The van der Waals surface area contributed by atoms with Crippen LogP contribution < -0.4 is 9.47 Å². The van der Waals surface area contributed by atoms with Crippen LogP contribution in [0.2, 0.25) is 0 Å². The van der Waals surface area contributed by atoms with Gasteiger partial charge in [0, 0.05) is 31.9 Å². The molecule has 3 aromatic rings. The van der Waals surface area contributed by atoms with Gasteiger partial charge in [0.05, 0.1) is 18.0 Å². The Hall–Kier alpha value is -2.94. The molecule has 1 aromatic heterocycles. The van der Waals surface area contributed by atoms with E-state index in [0.717, 1.165) is 22.8 Å². The molecule has 0 fully saturated rings. The predicted molar refractivity (Wildman–Crippen MR) is 95.4 cm³/mol. The summed E-state index contributed by atoms with van der Waals surface area (Å²) in [4.78, 5) is 6.92. The van der Waals surface area contributed by atoms with Gasteiger partial charge in [-0.3, -0.25) is 0 Å². The van der Waals surface area contributed by atoms with E-state index >= 15 is 0 Å². The van der Waals surface area contributed by atoms with Gasteiger partial charge in [-0.15, -0.1) is 0 Å². The summed E-state index contributed by atoms with van der Waals surface area (Å²) in [6.45, 7) is 0. The highest BCUT2D eigenvalue weighted by Crippen LogP contribution is 2.13.